The summed E-state index contributed by atoms with van der Waals surface area (Å²) in [6, 6.07) is 5.00. The van der Waals surface area contributed by atoms with E-state index in [2.05, 4.69) is 5.32 Å². The molecule has 1 aromatic carbocycles. The lowest BCUT2D eigenvalue weighted by Gasteiger charge is -2.03. The van der Waals surface area contributed by atoms with Crippen LogP contribution >= 0.6 is 11.6 Å². The summed E-state index contributed by atoms with van der Waals surface area (Å²) in [5.41, 5.74) is 0.671. The van der Waals surface area contributed by atoms with Gasteiger partial charge in [0.05, 0.1) is 11.6 Å². The number of Topliss-reactive ketones (excluding diaryl/α,β-unsaturated/α-hetero) is 1. The molecule has 16 heavy (non-hydrogen) atoms. The maximum Gasteiger partial charge on any atom is 0.150 e. The predicted molar refractivity (Wildman–Crippen MR) is 61.1 cm³/mol. The second-order valence-corrected chi connectivity index (χ2v) is 4.53. The zero-order chi connectivity index (χ0) is 11.5. The van der Waals surface area contributed by atoms with Crippen LogP contribution in [0, 0.1) is 5.82 Å². The molecule has 0 radical (unpaired) electrons. The average Bonchev–Trinajstić information content (AvgIpc) is 3.04. The average molecular weight is 242 g/mol. The fourth-order valence-corrected chi connectivity index (χ4v) is 1.60. The number of hydrogen-bond donors (Lipinski definition) is 1. The number of carbonyl (C=O) groups excluding carboxylic acids is 1. The van der Waals surface area contributed by atoms with Crippen molar-refractivity contribution in [1.82, 2.24) is 5.32 Å². The maximum absolute atomic E-state index is 13.1. The van der Waals surface area contributed by atoms with Gasteiger partial charge in [-0.05, 0) is 30.5 Å². The van der Waals surface area contributed by atoms with Gasteiger partial charge in [0.2, 0.25) is 0 Å². The summed E-state index contributed by atoms with van der Waals surface area (Å²) in [6.45, 7) is 0.370. The molecule has 1 fully saturated rings. The van der Waals surface area contributed by atoms with Gasteiger partial charge in [0.1, 0.15) is 5.82 Å². The zero-order valence-corrected chi connectivity index (χ0v) is 9.56. The summed E-state index contributed by atoms with van der Waals surface area (Å²) in [5, 5.41) is 3.22. The monoisotopic (exact) mass is 241 g/mol. The SMILES string of the molecule is O=C(CNC1CC1)Cc1ccc(Cl)c(F)c1. The quantitative estimate of drug-likeness (QED) is 0.858. The van der Waals surface area contributed by atoms with E-state index in [0.29, 0.717) is 18.2 Å². The van der Waals surface area contributed by atoms with Crippen molar-refractivity contribution < 1.29 is 9.18 Å². The fourth-order valence-electron chi connectivity index (χ4n) is 1.49. The first kappa shape index (κ1) is 11.6. The highest BCUT2D eigenvalue weighted by atomic mass is 35.5. The Bertz CT molecular complexity index is 404. The molecule has 0 atom stereocenters. The first-order valence-corrected chi connectivity index (χ1v) is 5.72. The molecule has 4 heteroatoms. The molecular weight excluding hydrogens is 229 g/mol. The number of benzene rings is 1. The Morgan fingerprint density at radius 1 is 1.50 bits per heavy atom. The second-order valence-electron chi connectivity index (χ2n) is 4.12. The predicted octanol–water partition coefficient (Wildman–Crippen LogP) is 2.34. The van der Waals surface area contributed by atoms with Crippen molar-refractivity contribution in [2.75, 3.05) is 6.54 Å². The highest BCUT2D eigenvalue weighted by Gasteiger charge is 2.21. The van der Waals surface area contributed by atoms with E-state index in [-0.39, 0.29) is 17.2 Å². The molecule has 1 aliphatic rings. The van der Waals surface area contributed by atoms with Gasteiger partial charge < -0.3 is 5.32 Å². The van der Waals surface area contributed by atoms with E-state index in [9.17, 15) is 9.18 Å². The van der Waals surface area contributed by atoms with Crippen LogP contribution in [0.3, 0.4) is 0 Å². The van der Waals surface area contributed by atoms with Crippen molar-refractivity contribution in [3.8, 4) is 0 Å². The van der Waals surface area contributed by atoms with Crippen molar-refractivity contribution >= 4 is 17.4 Å². The minimum Gasteiger partial charge on any atom is -0.307 e. The molecule has 1 aromatic rings. The Balaban J connectivity index is 1.86. The minimum atomic E-state index is -0.470. The lowest BCUT2D eigenvalue weighted by molar-refractivity contribution is -0.117. The molecule has 0 heterocycles. The van der Waals surface area contributed by atoms with Gasteiger partial charge in [-0.25, -0.2) is 4.39 Å². The summed E-state index contributed by atoms with van der Waals surface area (Å²) in [5.74, 6) is -0.393. The Labute approximate surface area is 98.8 Å². The molecule has 0 unspecified atom stereocenters. The largest absolute Gasteiger partial charge is 0.307 e. The highest BCUT2D eigenvalue weighted by Crippen LogP contribution is 2.18. The van der Waals surface area contributed by atoms with E-state index < -0.39 is 5.82 Å². The third-order valence-electron chi connectivity index (χ3n) is 2.55. The topological polar surface area (TPSA) is 29.1 Å². The number of carbonyl (C=O) groups is 1. The molecule has 1 aliphatic carbocycles. The van der Waals surface area contributed by atoms with E-state index >= 15 is 0 Å². The summed E-state index contributed by atoms with van der Waals surface area (Å²) >= 11 is 5.56. The van der Waals surface area contributed by atoms with Crippen LogP contribution in [-0.2, 0) is 11.2 Å². The molecule has 0 saturated heterocycles. The van der Waals surface area contributed by atoms with Crippen molar-refractivity contribution in [2.45, 2.75) is 25.3 Å². The Hall–Kier alpha value is -0.930. The van der Waals surface area contributed by atoms with Crippen molar-refractivity contribution in [3.63, 3.8) is 0 Å². The molecule has 1 saturated carbocycles. The Morgan fingerprint density at radius 2 is 2.25 bits per heavy atom. The number of halogens is 2. The smallest absolute Gasteiger partial charge is 0.150 e. The van der Waals surface area contributed by atoms with Crippen LogP contribution in [-0.4, -0.2) is 18.4 Å². The standard InChI is InChI=1S/C12H13ClFNO/c13-11-4-1-8(6-12(11)14)5-10(16)7-15-9-2-3-9/h1,4,6,9,15H,2-3,5,7H2. The van der Waals surface area contributed by atoms with Gasteiger partial charge in [0.15, 0.2) is 5.78 Å². The van der Waals surface area contributed by atoms with Gasteiger partial charge in [-0.2, -0.15) is 0 Å². The fraction of sp³-hybridized carbons (Fsp3) is 0.417. The van der Waals surface area contributed by atoms with Crippen LogP contribution < -0.4 is 5.32 Å². The first-order chi connectivity index (χ1) is 7.65. The lowest BCUT2D eigenvalue weighted by Crippen LogP contribution is -2.25. The minimum absolute atomic E-state index is 0.0774. The number of rotatable bonds is 5. The van der Waals surface area contributed by atoms with Crippen LogP contribution in [0.25, 0.3) is 0 Å². The summed E-state index contributed by atoms with van der Waals surface area (Å²) in [4.78, 5) is 11.5. The molecule has 2 rings (SSSR count). The molecule has 2 nitrogen and oxygen atoms in total. The lowest BCUT2D eigenvalue weighted by atomic mass is 10.1. The Morgan fingerprint density at radius 3 is 2.88 bits per heavy atom. The van der Waals surface area contributed by atoms with Crippen LogP contribution in [0.2, 0.25) is 5.02 Å². The summed E-state index contributed by atoms with van der Waals surface area (Å²) in [6.07, 6.45) is 2.57. The third-order valence-corrected chi connectivity index (χ3v) is 2.86. The van der Waals surface area contributed by atoms with Gasteiger partial charge >= 0.3 is 0 Å². The van der Waals surface area contributed by atoms with Crippen molar-refractivity contribution in [2.24, 2.45) is 0 Å². The second kappa shape index (κ2) is 4.93. The van der Waals surface area contributed by atoms with Gasteiger partial charge in [0.25, 0.3) is 0 Å². The van der Waals surface area contributed by atoms with Crippen LogP contribution in [0.5, 0.6) is 0 Å². The molecule has 0 aliphatic heterocycles. The summed E-state index contributed by atoms with van der Waals surface area (Å²) in [7, 11) is 0. The molecule has 86 valence electrons. The number of ketones is 1. The van der Waals surface area contributed by atoms with Crippen LogP contribution in [0.15, 0.2) is 18.2 Å². The molecule has 0 bridgehead atoms. The van der Waals surface area contributed by atoms with Gasteiger partial charge in [-0.1, -0.05) is 17.7 Å². The van der Waals surface area contributed by atoms with E-state index in [1.165, 1.54) is 12.1 Å². The number of hydrogen-bond acceptors (Lipinski definition) is 2. The zero-order valence-electron chi connectivity index (χ0n) is 8.80. The maximum atomic E-state index is 13.1. The van der Waals surface area contributed by atoms with Gasteiger partial charge in [-0.15, -0.1) is 0 Å². The van der Waals surface area contributed by atoms with Gasteiger partial charge in [0, 0.05) is 12.5 Å². The highest BCUT2D eigenvalue weighted by molar-refractivity contribution is 6.30. The first-order valence-electron chi connectivity index (χ1n) is 5.34. The van der Waals surface area contributed by atoms with E-state index in [1.807, 2.05) is 0 Å². The normalized spacial score (nSPS) is 15.1. The van der Waals surface area contributed by atoms with Gasteiger partial charge in [-0.3, -0.25) is 4.79 Å². The van der Waals surface area contributed by atoms with Crippen molar-refractivity contribution in [1.29, 1.82) is 0 Å². The van der Waals surface area contributed by atoms with Crippen LogP contribution in [0.4, 0.5) is 4.39 Å². The molecule has 0 spiro atoms. The Kier molecular flexibility index (Phi) is 3.56. The molecular formula is C12H13ClFNO. The van der Waals surface area contributed by atoms with Crippen molar-refractivity contribution in [3.05, 3.63) is 34.6 Å². The van der Waals surface area contributed by atoms with E-state index in [0.717, 1.165) is 12.8 Å². The summed E-state index contributed by atoms with van der Waals surface area (Å²) < 4.78 is 13.1. The molecule has 0 aromatic heterocycles. The molecule has 1 N–H and O–H groups in total. The molecule has 0 amide bonds. The third kappa shape index (κ3) is 3.29. The van der Waals surface area contributed by atoms with Crippen LogP contribution in [0.1, 0.15) is 18.4 Å². The van der Waals surface area contributed by atoms with E-state index in [1.54, 1.807) is 6.07 Å². The van der Waals surface area contributed by atoms with E-state index in [4.69, 9.17) is 11.6 Å². The number of nitrogens with one attached hydrogen (secondary N) is 1.